The van der Waals surface area contributed by atoms with Crippen LogP contribution in [0.3, 0.4) is 0 Å². The third-order valence-electron chi connectivity index (χ3n) is 3.06. The second-order valence-electron chi connectivity index (χ2n) is 3.97. The van der Waals surface area contributed by atoms with Gasteiger partial charge in [-0.2, -0.15) is 0 Å². The fourth-order valence-electron chi connectivity index (χ4n) is 2.25. The molecule has 0 aliphatic heterocycles. The lowest BCUT2D eigenvalue weighted by Gasteiger charge is -2.07. The minimum atomic E-state index is 0.817. The van der Waals surface area contributed by atoms with E-state index in [4.69, 9.17) is 0 Å². The normalized spacial score (nSPS) is 24.4. The van der Waals surface area contributed by atoms with E-state index in [1.54, 1.807) is 5.57 Å². The molecule has 14 heavy (non-hydrogen) atoms. The summed E-state index contributed by atoms with van der Waals surface area (Å²) in [5.74, 6) is 0.817. The Hall–Kier alpha value is -1.11. The Balaban J connectivity index is 2.18. The molecule has 1 aromatic heterocycles. The molecule has 0 amide bonds. The largest absolute Gasteiger partial charge is 0.257 e. The van der Waals surface area contributed by atoms with Gasteiger partial charge in [-0.3, -0.25) is 4.98 Å². The van der Waals surface area contributed by atoms with Gasteiger partial charge in [-0.25, -0.2) is 0 Å². The number of allylic oxidation sites excluding steroid dienone is 1. The summed E-state index contributed by atoms with van der Waals surface area (Å²) in [5, 5.41) is 0. The highest BCUT2D eigenvalue weighted by molar-refractivity contribution is 5.49. The summed E-state index contributed by atoms with van der Waals surface area (Å²) in [6, 6.07) is 6.10. The van der Waals surface area contributed by atoms with Gasteiger partial charge in [0.15, 0.2) is 0 Å². The van der Waals surface area contributed by atoms with Gasteiger partial charge in [-0.15, -0.1) is 0 Å². The minimum Gasteiger partial charge on any atom is -0.257 e. The third kappa shape index (κ3) is 2.03. The standard InChI is InChI=1S/C13H17N/c1-2-11-6-5-7-12(11)10-13-8-3-4-9-14-13/h3-4,8-11H,2,5-7H2,1H3/b12-10-/t11-/m0/s1. The van der Waals surface area contributed by atoms with Gasteiger partial charge in [-0.1, -0.05) is 18.6 Å². The molecule has 0 saturated heterocycles. The molecule has 0 radical (unpaired) electrons. The van der Waals surface area contributed by atoms with E-state index in [1.807, 2.05) is 12.3 Å². The van der Waals surface area contributed by atoms with Crippen LogP contribution in [-0.2, 0) is 0 Å². The molecular formula is C13H17N. The maximum Gasteiger partial charge on any atom is 0.0629 e. The molecule has 0 unspecified atom stereocenters. The summed E-state index contributed by atoms with van der Waals surface area (Å²) in [4.78, 5) is 4.33. The van der Waals surface area contributed by atoms with E-state index in [-0.39, 0.29) is 0 Å². The highest BCUT2D eigenvalue weighted by atomic mass is 14.6. The topological polar surface area (TPSA) is 12.9 Å². The SMILES string of the molecule is CC[C@H]1CCC/C1=C/c1ccccn1. The van der Waals surface area contributed by atoms with Crippen LogP contribution >= 0.6 is 0 Å². The van der Waals surface area contributed by atoms with Crippen molar-refractivity contribution in [2.45, 2.75) is 32.6 Å². The second kappa shape index (κ2) is 4.41. The van der Waals surface area contributed by atoms with Crippen molar-refractivity contribution in [1.29, 1.82) is 0 Å². The first kappa shape index (κ1) is 9.45. The van der Waals surface area contributed by atoms with Crippen LogP contribution in [0.25, 0.3) is 6.08 Å². The first-order valence-electron chi connectivity index (χ1n) is 5.51. The van der Waals surface area contributed by atoms with E-state index in [0.717, 1.165) is 11.6 Å². The smallest absolute Gasteiger partial charge is 0.0629 e. The fourth-order valence-corrected chi connectivity index (χ4v) is 2.25. The Morgan fingerprint density at radius 2 is 2.43 bits per heavy atom. The van der Waals surface area contributed by atoms with Crippen LogP contribution < -0.4 is 0 Å². The van der Waals surface area contributed by atoms with Crippen LogP contribution in [0.15, 0.2) is 30.0 Å². The zero-order valence-electron chi connectivity index (χ0n) is 8.74. The first-order valence-corrected chi connectivity index (χ1v) is 5.51. The van der Waals surface area contributed by atoms with E-state index in [0.29, 0.717) is 0 Å². The van der Waals surface area contributed by atoms with Crippen molar-refractivity contribution in [2.75, 3.05) is 0 Å². The van der Waals surface area contributed by atoms with Crippen LogP contribution in [0.4, 0.5) is 0 Å². The molecule has 0 aromatic carbocycles. The summed E-state index contributed by atoms with van der Waals surface area (Å²) in [6.07, 6.45) is 9.42. The molecule has 1 aliphatic rings. The molecule has 1 heteroatoms. The lowest BCUT2D eigenvalue weighted by Crippen LogP contribution is -1.93. The van der Waals surface area contributed by atoms with E-state index in [1.165, 1.54) is 25.7 Å². The Morgan fingerprint density at radius 1 is 1.50 bits per heavy atom. The highest BCUT2D eigenvalue weighted by Crippen LogP contribution is 2.34. The van der Waals surface area contributed by atoms with Crippen LogP contribution in [0.5, 0.6) is 0 Å². The van der Waals surface area contributed by atoms with Gasteiger partial charge < -0.3 is 0 Å². The van der Waals surface area contributed by atoms with Gasteiger partial charge in [0, 0.05) is 6.20 Å². The van der Waals surface area contributed by atoms with Crippen LogP contribution in [0.2, 0.25) is 0 Å². The number of aromatic nitrogens is 1. The molecule has 1 aliphatic carbocycles. The van der Waals surface area contributed by atoms with Crippen molar-refractivity contribution in [3.8, 4) is 0 Å². The average Bonchev–Trinajstić information content (AvgIpc) is 2.67. The van der Waals surface area contributed by atoms with Crippen LogP contribution in [0, 0.1) is 5.92 Å². The summed E-state index contributed by atoms with van der Waals surface area (Å²) >= 11 is 0. The van der Waals surface area contributed by atoms with Gasteiger partial charge in [0.05, 0.1) is 5.69 Å². The van der Waals surface area contributed by atoms with Crippen molar-refractivity contribution in [3.05, 3.63) is 35.7 Å². The molecule has 74 valence electrons. The first-order chi connectivity index (χ1) is 6.90. The summed E-state index contributed by atoms with van der Waals surface area (Å²) in [5.41, 5.74) is 2.72. The molecule has 0 bridgehead atoms. The molecule has 1 atom stereocenters. The third-order valence-corrected chi connectivity index (χ3v) is 3.06. The molecule has 1 nitrogen and oxygen atoms in total. The number of nitrogens with zero attached hydrogens (tertiary/aromatic N) is 1. The van der Waals surface area contributed by atoms with Gasteiger partial charge in [0.25, 0.3) is 0 Å². The number of hydrogen-bond donors (Lipinski definition) is 0. The van der Waals surface area contributed by atoms with E-state index < -0.39 is 0 Å². The quantitative estimate of drug-likeness (QED) is 0.688. The number of pyridine rings is 1. The summed E-state index contributed by atoms with van der Waals surface area (Å²) in [6.45, 7) is 2.28. The lowest BCUT2D eigenvalue weighted by molar-refractivity contribution is 0.608. The van der Waals surface area contributed by atoms with Crippen molar-refractivity contribution in [3.63, 3.8) is 0 Å². The number of hydrogen-bond acceptors (Lipinski definition) is 1. The van der Waals surface area contributed by atoms with E-state index in [9.17, 15) is 0 Å². The molecule has 0 N–H and O–H groups in total. The molecule has 2 rings (SSSR count). The molecule has 1 fully saturated rings. The Bertz CT molecular complexity index is 313. The maximum atomic E-state index is 4.33. The fraction of sp³-hybridized carbons (Fsp3) is 0.462. The van der Waals surface area contributed by atoms with Gasteiger partial charge in [-0.05, 0) is 49.8 Å². The second-order valence-corrected chi connectivity index (χ2v) is 3.97. The Kier molecular flexibility index (Phi) is 2.97. The zero-order valence-corrected chi connectivity index (χ0v) is 8.74. The van der Waals surface area contributed by atoms with Crippen LogP contribution in [0.1, 0.15) is 38.3 Å². The molecule has 1 heterocycles. The Labute approximate surface area is 85.9 Å². The lowest BCUT2D eigenvalue weighted by atomic mass is 9.99. The predicted octanol–water partition coefficient (Wildman–Crippen LogP) is 3.68. The predicted molar refractivity (Wildman–Crippen MR) is 59.8 cm³/mol. The van der Waals surface area contributed by atoms with Gasteiger partial charge >= 0.3 is 0 Å². The molecule has 1 saturated carbocycles. The Morgan fingerprint density at radius 3 is 3.14 bits per heavy atom. The molecule has 0 spiro atoms. The van der Waals surface area contributed by atoms with Crippen molar-refractivity contribution in [2.24, 2.45) is 5.92 Å². The average molecular weight is 187 g/mol. The molecular weight excluding hydrogens is 170 g/mol. The van der Waals surface area contributed by atoms with Gasteiger partial charge in [0.1, 0.15) is 0 Å². The summed E-state index contributed by atoms with van der Waals surface area (Å²) in [7, 11) is 0. The van der Waals surface area contributed by atoms with Crippen molar-refractivity contribution in [1.82, 2.24) is 4.98 Å². The maximum absolute atomic E-state index is 4.33. The van der Waals surface area contributed by atoms with E-state index >= 15 is 0 Å². The molecule has 1 aromatic rings. The monoisotopic (exact) mass is 187 g/mol. The van der Waals surface area contributed by atoms with Gasteiger partial charge in [0.2, 0.25) is 0 Å². The number of rotatable bonds is 2. The summed E-state index contributed by atoms with van der Waals surface area (Å²) < 4.78 is 0. The van der Waals surface area contributed by atoms with Crippen molar-refractivity contribution < 1.29 is 0 Å². The minimum absolute atomic E-state index is 0.817. The van der Waals surface area contributed by atoms with Crippen molar-refractivity contribution >= 4 is 6.08 Å². The van der Waals surface area contributed by atoms with Crippen LogP contribution in [-0.4, -0.2) is 4.98 Å². The zero-order chi connectivity index (χ0) is 9.80. The highest BCUT2D eigenvalue weighted by Gasteiger charge is 2.18. The van der Waals surface area contributed by atoms with E-state index in [2.05, 4.69) is 30.1 Å².